The molecule has 1 aromatic carbocycles. The van der Waals surface area contributed by atoms with Gasteiger partial charge >= 0.3 is 0 Å². The fourth-order valence-corrected chi connectivity index (χ4v) is 3.11. The van der Waals surface area contributed by atoms with E-state index in [0.29, 0.717) is 18.3 Å². The number of rotatable bonds is 2. The maximum absolute atomic E-state index is 12.7. The Bertz CT molecular complexity index is 758. The van der Waals surface area contributed by atoms with E-state index < -0.39 is 0 Å². The van der Waals surface area contributed by atoms with E-state index in [0.717, 1.165) is 30.4 Å². The molecule has 1 fully saturated rings. The van der Waals surface area contributed by atoms with Crippen molar-refractivity contribution in [3.63, 3.8) is 0 Å². The fourth-order valence-electron chi connectivity index (χ4n) is 3.11. The maximum atomic E-state index is 12.7. The van der Waals surface area contributed by atoms with Crippen LogP contribution in [-0.2, 0) is 0 Å². The Morgan fingerprint density at radius 3 is 3.05 bits per heavy atom. The Labute approximate surface area is 128 Å². The number of imidazole rings is 1. The highest BCUT2D eigenvalue weighted by Crippen LogP contribution is 2.25. The van der Waals surface area contributed by atoms with Gasteiger partial charge in [-0.2, -0.15) is 0 Å². The summed E-state index contributed by atoms with van der Waals surface area (Å²) in [4.78, 5) is 18.7. The first-order valence-electron chi connectivity index (χ1n) is 7.56. The molecule has 1 unspecified atom stereocenters. The first-order valence-corrected chi connectivity index (χ1v) is 7.56. The third kappa shape index (κ3) is 2.28. The Morgan fingerprint density at radius 2 is 2.23 bits per heavy atom. The smallest absolute Gasteiger partial charge is 0.289 e. The van der Waals surface area contributed by atoms with Crippen LogP contribution in [0.2, 0.25) is 0 Å². The summed E-state index contributed by atoms with van der Waals surface area (Å²) in [6, 6.07) is 9.83. The number of hydrogen-bond acceptors (Lipinski definition) is 3. The number of piperidine rings is 1. The second kappa shape index (κ2) is 5.33. The van der Waals surface area contributed by atoms with Gasteiger partial charge < -0.3 is 13.9 Å². The number of amides is 1. The summed E-state index contributed by atoms with van der Waals surface area (Å²) in [7, 11) is 0. The number of para-hydroxylation sites is 1. The largest absolute Gasteiger partial charge is 0.451 e. The summed E-state index contributed by atoms with van der Waals surface area (Å²) < 4.78 is 7.78. The predicted octanol–water partition coefficient (Wildman–Crippen LogP) is 3.11. The van der Waals surface area contributed by atoms with Gasteiger partial charge in [0, 0.05) is 30.9 Å². The first-order chi connectivity index (χ1) is 10.8. The lowest BCUT2D eigenvalue weighted by Crippen LogP contribution is -2.40. The van der Waals surface area contributed by atoms with Crippen LogP contribution in [-0.4, -0.2) is 33.4 Å². The SMILES string of the molecule is O=C(c1cc2ccccc2o1)N1CCCC(n2ccnc2)C1. The van der Waals surface area contributed by atoms with Crippen molar-refractivity contribution in [2.24, 2.45) is 0 Å². The molecule has 0 saturated carbocycles. The van der Waals surface area contributed by atoms with Crippen molar-refractivity contribution in [2.45, 2.75) is 18.9 Å². The average molecular weight is 295 g/mol. The van der Waals surface area contributed by atoms with E-state index in [-0.39, 0.29) is 5.91 Å². The third-order valence-corrected chi connectivity index (χ3v) is 4.27. The van der Waals surface area contributed by atoms with E-state index in [4.69, 9.17) is 4.42 Å². The van der Waals surface area contributed by atoms with Gasteiger partial charge in [-0.1, -0.05) is 18.2 Å². The minimum Gasteiger partial charge on any atom is -0.451 e. The molecular weight excluding hydrogens is 278 g/mol. The van der Waals surface area contributed by atoms with E-state index in [9.17, 15) is 4.79 Å². The van der Waals surface area contributed by atoms with E-state index >= 15 is 0 Å². The molecule has 1 aliphatic rings. The van der Waals surface area contributed by atoms with Crippen LogP contribution < -0.4 is 0 Å². The average Bonchev–Trinajstić information content (AvgIpc) is 3.23. The number of furan rings is 1. The van der Waals surface area contributed by atoms with Gasteiger partial charge in [-0.15, -0.1) is 0 Å². The standard InChI is InChI=1S/C17H17N3O2/c21-17(16-10-13-4-1-2-6-15(13)22-16)19-8-3-5-14(11-19)20-9-7-18-12-20/h1-2,4,6-7,9-10,12,14H,3,5,8,11H2. The molecule has 1 atom stereocenters. The normalized spacial score (nSPS) is 18.7. The molecule has 112 valence electrons. The molecule has 2 aromatic heterocycles. The Hall–Kier alpha value is -2.56. The predicted molar refractivity (Wildman–Crippen MR) is 82.6 cm³/mol. The lowest BCUT2D eigenvalue weighted by atomic mass is 10.1. The van der Waals surface area contributed by atoms with Crippen molar-refractivity contribution in [1.29, 1.82) is 0 Å². The summed E-state index contributed by atoms with van der Waals surface area (Å²) >= 11 is 0. The second-order valence-electron chi connectivity index (χ2n) is 5.71. The highest BCUT2D eigenvalue weighted by molar-refractivity contribution is 5.96. The zero-order chi connectivity index (χ0) is 14.9. The van der Waals surface area contributed by atoms with Gasteiger partial charge in [-0.3, -0.25) is 4.79 Å². The van der Waals surface area contributed by atoms with Crippen LogP contribution >= 0.6 is 0 Å². The van der Waals surface area contributed by atoms with E-state index in [1.165, 1.54) is 0 Å². The van der Waals surface area contributed by atoms with Gasteiger partial charge in [-0.05, 0) is 25.0 Å². The number of aromatic nitrogens is 2. The van der Waals surface area contributed by atoms with Crippen molar-refractivity contribution in [3.05, 3.63) is 54.8 Å². The number of benzene rings is 1. The number of carbonyl (C=O) groups is 1. The molecule has 0 spiro atoms. The van der Waals surface area contributed by atoms with Crippen molar-refractivity contribution in [2.75, 3.05) is 13.1 Å². The molecule has 5 heteroatoms. The van der Waals surface area contributed by atoms with Gasteiger partial charge in [0.2, 0.25) is 0 Å². The number of fused-ring (bicyclic) bond motifs is 1. The van der Waals surface area contributed by atoms with Gasteiger partial charge in [0.1, 0.15) is 5.58 Å². The fraction of sp³-hybridized carbons (Fsp3) is 0.294. The summed E-state index contributed by atoms with van der Waals surface area (Å²) in [5.74, 6) is 0.397. The number of likely N-dealkylation sites (tertiary alicyclic amines) is 1. The first kappa shape index (κ1) is 13.1. The summed E-state index contributed by atoms with van der Waals surface area (Å²) in [6.07, 6.45) is 7.62. The van der Waals surface area contributed by atoms with Crippen LogP contribution in [0.1, 0.15) is 29.4 Å². The quantitative estimate of drug-likeness (QED) is 0.730. The van der Waals surface area contributed by atoms with E-state index in [1.807, 2.05) is 47.8 Å². The molecule has 0 bridgehead atoms. The molecule has 0 N–H and O–H groups in total. The Kier molecular flexibility index (Phi) is 3.18. The lowest BCUT2D eigenvalue weighted by Gasteiger charge is -2.32. The molecule has 1 saturated heterocycles. The molecule has 0 radical (unpaired) electrons. The molecule has 3 aromatic rings. The van der Waals surface area contributed by atoms with Crippen molar-refractivity contribution < 1.29 is 9.21 Å². The summed E-state index contributed by atoms with van der Waals surface area (Å²) in [6.45, 7) is 1.48. The van der Waals surface area contributed by atoms with Crippen LogP contribution in [0.3, 0.4) is 0 Å². The van der Waals surface area contributed by atoms with E-state index in [1.54, 1.807) is 6.20 Å². The Balaban J connectivity index is 1.56. The van der Waals surface area contributed by atoms with Gasteiger partial charge in [0.25, 0.3) is 5.91 Å². The topological polar surface area (TPSA) is 51.3 Å². The third-order valence-electron chi connectivity index (χ3n) is 4.27. The second-order valence-corrected chi connectivity index (χ2v) is 5.71. The van der Waals surface area contributed by atoms with Crippen molar-refractivity contribution in [3.8, 4) is 0 Å². The molecule has 1 amide bonds. The number of carbonyl (C=O) groups excluding carboxylic acids is 1. The van der Waals surface area contributed by atoms with Crippen LogP contribution in [0, 0.1) is 0 Å². The molecule has 5 nitrogen and oxygen atoms in total. The molecule has 3 heterocycles. The molecular formula is C17H17N3O2. The van der Waals surface area contributed by atoms with Gasteiger partial charge in [0.05, 0.1) is 12.4 Å². The van der Waals surface area contributed by atoms with Crippen LogP contribution in [0.4, 0.5) is 0 Å². The highest BCUT2D eigenvalue weighted by Gasteiger charge is 2.27. The zero-order valence-electron chi connectivity index (χ0n) is 12.2. The zero-order valence-corrected chi connectivity index (χ0v) is 12.2. The summed E-state index contributed by atoms with van der Waals surface area (Å²) in [5.41, 5.74) is 0.758. The van der Waals surface area contributed by atoms with Crippen LogP contribution in [0.5, 0.6) is 0 Å². The van der Waals surface area contributed by atoms with Crippen molar-refractivity contribution >= 4 is 16.9 Å². The molecule has 1 aliphatic heterocycles. The monoisotopic (exact) mass is 295 g/mol. The minimum absolute atomic E-state index is 0.0268. The molecule has 4 rings (SSSR count). The van der Waals surface area contributed by atoms with Gasteiger partial charge in [-0.25, -0.2) is 4.98 Å². The minimum atomic E-state index is -0.0268. The maximum Gasteiger partial charge on any atom is 0.289 e. The lowest BCUT2D eigenvalue weighted by molar-refractivity contribution is 0.0650. The van der Waals surface area contributed by atoms with Crippen LogP contribution in [0.15, 0.2) is 53.5 Å². The molecule has 0 aliphatic carbocycles. The highest BCUT2D eigenvalue weighted by atomic mass is 16.3. The summed E-state index contributed by atoms with van der Waals surface area (Å²) in [5, 5.41) is 0.967. The van der Waals surface area contributed by atoms with Crippen LogP contribution in [0.25, 0.3) is 11.0 Å². The molecule has 22 heavy (non-hydrogen) atoms. The number of nitrogens with zero attached hydrogens (tertiary/aromatic N) is 3. The van der Waals surface area contributed by atoms with Crippen molar-refractivity contribution in [1.82, 2.24) is 14.5 Å². The Morgan fingerprint density at radius 1 is 1.32 bits per heavy atom. The van der Waals surface area contributed by atoms with E-state index in [2.05, 4.69) is 9.55 Å². The van der Waals surface area contributed by atoms with Gasteiger partial charge in [0.15, 0.2) is 5.76 Å². The number of hydrogen-bond donors (Lipinski definition) is 0.